The fourth-order valence-corrected chi connectivity index (χ4v) is 3.69. The Morgan fingerprint density at radius 2 is 2.15 bits per heavy atom. The van der Waals surface area contributed by atoms with Crippen LogP contribution in [-0.2, 0) is 14.6 Å². The van der Waals surface area contributed by atoms with Crippen molar-refractivity contribution in [1.29, 1.82) is 0 Å². The monoisotopic (exact) mass is 319 g/mol. The number of furan rings is 1. The Bertz CT molecular complexity index is 642. The zero-order chi connectivity index (χ0) is 15.0. The SMILES string of the molecule is CS(=O)(=O)c1ccc(C(=O)NC2(C(=O)O)CCSC2)o1. The van der Waals surface area contributed by atoms with Crippen LogP contribution in [0, 0.1) is 0 Å². The van der Waals surface area contributed by atoms with Crippen molar-refractivity contribution in [3.8, 4) is 0 Å². The van der Waals surface area contributed by atoms with Crippen molar-refractivity contribution in [2.24, 2.45) is 0 Å². The van der Waals surface area contributed by atoms with Crippen molar-refractivity contribution in [3.05, 3.63) is 17.9 Å². The number of nitrogens with one attached hydrogen (secondary N) is 1. The fourth-order valence-electron chi connectivity index (χ4n) is 1.81. The molecular formula is C11H13NO6S2. The van der Waals surface area contributed by atoms with Gasteiger partial charge in [0.05, 0.1) is 0 Å². The number of aliphatic carboxylic acids is 1. The number of thioether (sulfide) groups is 1. The van der Waals surface area contributed by atoms with Gasteiger partial charge in [0.1, 0.15) is 5.54 Å². The maximum atomic E-state index is 12.0. The second-order valence-electron chi connectivity index (χ2n) is 4.53. The zero-order valence-corrected chi connectivity index (χ0v) is 12.2. The number of carboxylic acids is 1. The number of rotatable bonds is 4. The Hall–Kier alpha value is -1.48. The summed E-state index contributed by atoms with van der Waals surface area (Å²) in [6.07, 6.45) is 1.28. The van der Waals surface area contributed by atoms with Crippen LogP contribution in [0.5, 0.6) is 0 Å². The molecule has 0 saturated carbocycles. The van der Waals surface area contributed by atoms with Crippen LogP contribution in [0.25, 0.3) is 0 Å². The molecule has 110 valence electrons. The van der Waals surface area contributed by atoms with E-state index in [1.54, 1.807) is 0 Å². The molecule has 0 aromatic carbocycles. The number of amides is 1. The normalized spacial score (nSPS) is 22.6. The molecule has 20 heavy (non-hydrogen) atoms. The summed E-state index contributed by atoms with van der Waals surface area (Å²) in [5.74, 6) is -1.15. The third-order valence-electron chi connectivity index (χ3n) is 2.95. The summed E-state index contributed by atoms with van der Waals surface area (Å²) in [5, 5.41) is 11.3. The highest BCUT2D eigenvalue weighted by molar-refractivity contribution is 7.99. The second-order valence-corrected chi connectivity index (χ2v) is 7.59. The lowest BCUT2D eigenvalue weighted by atomic mass is 9.99. The Kier molecular flexibility index (Phi) is 3.83. The summed E-state index contributed by atoms with van der Waals surface area (Å²) in [6, 6.07) is 2.38. The molecule has 0 spiro atoms. The van der Waals surface area contributed by atoms with Gasteiger partial charge in [0.25, 0.3) is 5.91 Å². The van der Waals surface area contributed by atoms with Crippen LogP contribution in [0.4, 0.5) is 0 Å². The lowest BCUT2D eigenvalue weighted by molar-refractivity contribution is -0.143. The smallest absolute Gasteiger partial charge is 0.330 e. The Morgan fingerprint density at radius 3 is 2.60 bits per heavy atom. The predicted octanol–water partition coefficient (Wildman–Crippen LogP) is 0.373. The molecule has 1 unspecified atom stereocenters. The summed E-state index contributed by atoms with van der Waals surface area (Å²) < 4.78 is 27.5. The van der Waals surface area contributed by atoms with E-state index in [4.69, 9.17) is 4.42 Å². The van der Waals surface area contributed by atoms with E-state index in [2.05, 4.69) is 5.32 Å². The van der Waals surface area contributed by atoms with Gasteiger partial charge in [-0.25, -0.2) is 13.2 Å². The Balaban J connectivity index is 2.20. The Labute approximate surface area is 119 Å². The first-order valence-corrected chi connectivity index (χ1v) is 8.73. The number of sulfone groups is 1. The van der Waals surface area contributed by atoms with E-state index in [1.807, 2.05) is 0 Å². The summed E-state index contributed by atoms with van der Waals surface area (Å²) in [7, 11) is -3.54. The number of carboxylic acid groups (broad SMARTS) is 1. The molecule has 9 heteroatoms. The van der Waals surface area contributed by atoms with E-state index >= 15 is 0 Å². The van der Waals surface area contributed by atoms with Gasteiger partial charge < -0.3 is 14.8 Å². The predicted molar refractivity (Wildman–Crippen MR) is 71.6 cm³/mol. The van der Waals surface area contributed by atoms with Gasteiger partial charge in [-0.2, -0.15) is 11.8 Å². The fraction of sp³-hybridized carbons (Fsp3) is 0.455. The molecule has 1 aromatic rings. The molecule has 2 rings (SSSR count). The number of carbonyl (C=O) groups excluding carboxylic acids is 1. The quantitative estimate of drug-likeness (QED) is 0.824. The minimum Gasteiger partial charge on any atom is -0.479 e. The molecule has 1 amide bonds. The molecular weight excluding hydrogens is 306 g/mol. The van der Waals surface area contributed by atoms with E-state index in [1.165, 1.54) is 23.9 Å². The first-order valence-electron chi connectivity index (χ1n) is 5.68. The van der Waals surface area contributed by atoms with Crippen LogP contribution in [0.1, 0.15) is 17.0 Å². The number of hydrogen-bond donors (Lipinski definition) is 2. The van der Waals surface area contributed by atoms with Crippen LogP contribution in [0.15, 0.2) is 21.6 Å². The first kappa shape index (κ1) is 14.9. The summed E-state index contributed by atoms with van der Waals surface area (Å²) in [5.41, 5.74) is -1.32. The van der Waals surface area contributed by atoms with Gasteiger partial charge in [-0.05, 0) is 24.3 Å². The first-order chi connectivity index (χ1) is 9.24. The molecule has 7 nitrogen and oxygen atoms in total. The van der Waals surface area contributed by atoms with E-state index in [-0.39, 0.29) is 16.6 Å². The van der Waals surface area contributed by atoms with Gasteiger partial charge >= 0.3 is 5.97 Å². The lowest BCUT2D eigenvalue weighted by Gasteiger charge is -2.23. The summed E-state index contributed by atoms with van der Waals surface area (Å²) in [4.78, 5) is 23.3. The topological polar surface area (TPSA) is 114 Å². The van der Waals surface area contributed by atoms with Crippen LogP contribution in [0.3, 0.4) is 0 Å². The van der Waals surface area contributed by atoms with Crippen LogP contribution < -0.4 is 5.32 Å². The summed E-state index contributed by atoms with van der Waals surface area (Å²) in [6.45, 7) is 0. The van der Waals surface area contributed by atoms with Crippen molar-refractivity contribution < 1.29 is 27.5 Å². The van der Waals surface area contributed by atoms with Crippen LogP contribution in [0.2, 0.25) is 0 Å². The lowest BCUT2D eigenvalue weighted by Crippen LogP contribution is -2.54. The number of hydrogen-bond acceptors (Lipinski definition) is 6. The number of carbonyl (C=O) groups is 2. The standard InChI is InChI=1S/C11H13NO6S2/c1-20(16,17)8-3-2-7(18-8)9(13)12-11(10(14)15)4-5-19-6-11/h2-3H,4-6H2,1H3,(H,12,13)(H,14,15). The molecule has 2 N–H and O–H groups in total. The third kappa shape index (κ3) is 2.83. The van der Waals surface area contributed by atoms with Gasteiger partial charge in [0.2, 0.25) is 14.9 Å². The molecule has 0 radical (unpaired) electrons. The van der Waals surface area contributed by atoms with Gasteiger partial charge in [-0.1, -0.05) is 0 Å². The van der Waals surface area contributed by atoms with Crippen molar-refractivity contribution in [2.75, 3.05) is 17.8 Å². The highest BCUT2D eigenvalue weighted by atomic mass is 32.2. The minimum absolute atomic E-state index is 0.219. The molecule has 1 aliphatic heterocycles. The average Bonchev–Trinajstić information content (AvgIpc) is 2.96. The third-order valence-corrected chi connectivity index (χ3v) is 5.09. The van der Waals surface area contributed by atoms with Crippen LogP contribution in [-0.4, -0.2) is 48.7 Å². The second kappa shape index (κ2) is 5.13. The van der Waals surface area contributed by atoms with Gasteiger partial charge in [-0.3, -0.25) is 4.79 Å². The van der Waals surface area contributed by atoms with Crippen molar-refractivity contribution in [3.63, 3.8) is 0 Å². The molecule has 1 saturated heterocycles. The van der Waals surface area contributed by atoms with Gasteiger partial charge in [-0.15, -0.1) is 0 Å². The molecule has 1 aliphatic rings. The van der Waals surface area contributed by atoms with E-state index in [0.29, 0.717) is 12.2 Å². The molecule has 1 fully saturated rings. The molecule has 1 aromatic heterocycles. The Morgan fingerprint density at radius 1 is 1.45 bits per heavy atom. The van der Waals surface area contributed by atoms with Crippen LogP contribution >= 0.6 is 11.8 Å². The zero-order valence-electron chi connectivity index (χ0n) is 10.6. The van der Waals surface area contributed by atoms with Gasteiger partial charge in [0.15, 0.2) is 5.76 Å². The van der Waals surface area contributed by atoms with Crippen molar-refractivity contribution >= 4 is 33.5 Å². The van der Waals surface area contributed by atoms with E-state index in [0.717, 1.165) is 6.26 Å². The molecule has 2 heterocycles. The summed E-state index contributed by atoms with van der Waals surface area (Å²) >= 11 is 1.43. The maximum absolute atomic E-state index is 12.0. The van der Waals surface area contributed by atoms with Gasteiger partial charge in [0, 0.05) is 12.0 Å². The minimum atomic E-state index is -3.54. The van der Waals surface area contributed by atoms with E-state index in [9.17, 15) is 23.1 Å². The van der Waals surface area contributed by atoms with Crippen molar-refractivity contribution in [2.45, 2.75) is 17.1 Å². The molecule has 1 atom stereocenters. The molecule has 0 aliphatic carbocycles. The maximum Gasteiger partial charge on any atom is 0.330 e. The highest BCUT2D eigenvalue weighted by Crippen LogP contribution is 2.28. The van der Waals surface area contributed by atoms with E-state index < -0.39 is 27.3 Å². The largest absolute Gasteiger partial charge is 0.479 e. The molecule has 0 bridgehead atoms. The highest BCUT2D eigenvalue weighted by Gasteiger charge is 2.43. The average molecular weight is 319 g/mol. The van der Waals surface area contributed by atoms with Crippen molar-refractivity contribution in [1.82, 2.24) is 5.32 Å².